The molecule has 6 aliphatic rings. The first-order valence-electron chi connectivity index (χ1n) is 13.6. The molecule has 1 N–H and O–H groups in total. The Morgan fingerprint density at radius 2 is 1.91 bits per heavy atom. The molecule has 2 saturated carbocycles. The summed E-state index contributed by atoms with van der Waals surface area (Å²) in [7, 11) is 4.91. The monoisotopic (exact) mass is 440 g/mol. The number of rotatable bonds is 0. The fourth-order valence-corrected chi connectivity index (χ4v) is 10.4. The summed E-state index contributed by atoms with van der Waals surface area (Å²) < 4.78 is 8.34. The van der Waals surface area contributed by atoms with E-state index in [0.29, 0.717) is 23.5 Å². The van der Waals surface area contributed by atoms with Crippen LogP contribution in [0.1, 0.15) is 79.1 Å². The first-order valence-corrected chi connectivity index (χ1v) is 13.6. The highest BCUT2D eigenvalue weighted by Crippen LogP contribution is 2.65. The van der Waals surface area contributed by atoms with Crippen LogP contribution in [0.2, 0.25) is 0 Å². The minimum absolute atomic E-state index is 0.0197. The second-order valence-electron chi connectivity index (χ2n) is 13.7. The van der Waals surface area contributed by atoms with Gasteiger partial charge in [-0.05, 0) is 87.0 Å². The van der Waals surface area contributed by atoms with Crippen LogP contribution in [0.5, 0.6) is 0 Å². The van der Waals surface area contributed by atoms with Crippen molar-refractivity contribution in [3.05, 3.63) is 22.8 Å². The topological polar surface area (TPSA) is 29.5 Å². The van der Waals surface area contributed by atoms with Crippen molar-refractivity contribution in [2.24, 2.45) is 35.0 Å². The van der Waals surface area contributed by atoms with Crippen LogP contribution < -0.4 is 0 Å². The SMILES string of the molecule is CC1=C2C[C@H]3[C@@H](CC=C4C[C@@H](O)CC[C@@]43C)[C@@H]2CC[C@]12O[C@@H]1C[C@H](C)C[N+](C)(C)[C@H]1[C@H]2C. The number of allylic oxidation sites excluding steroid dienone is 2. The van der Waals surface area contributed by atoms with Crippen LogP contribution in [0.4, 0.5) is 0 Å². The summed E-state index contributed by atoms with van der Waals surface area (Å²) in [6.45, 7) is 11.2. The summed E-state index contributed by atoms with van der Waals surface area (Å²) >= 11 is 0. The van der Waals surface area contributed by atoms with E-state index in [0.717, 1.165) is 41.0 Å². The molecule has 0 radical (unpaired) electrons. The molecular weight excluding hydrogens is 394 g/mol. The Morgan fingerprint density at radius 1 is 1.12 bits per heavy atom. The summed E-state index contributed by atoms with van der Waals surface area (Å²) in [5.74, 6) is 3.70. The first kappa shape index (κ1) is 21.9. The minimum Gasteiger partial charge on any atom is -0.393 e. The van der Waals surface area contributed by atoms with Crippen LogP contribution >= 0.6 is 0 Å². The zero-order valence-corrected chi connectivity index (χ0v) is 21.4. The Morgan fingerprint density at radius 3 is 2.69 bits per heavy atom. The average Bonchev–Trinajstić information content (AvgIpc) is 3.22. The van der Waals surface area contributed by atoms with Crippen molar-refractivity contribution < 1.29 is 14.3 Å². The van der Waals surface area contributed by atoms with Crippen LogP contribution in [-0.4, -0.2) is 54.1 Å². The van der Waals surface area contributed by atoms with Gasteiger partial charge in [0.1, 0.15) is 12.1 Å². The molecule has 2 heterocycles. The Kier molecular flexibility index (Phi) is 4.75. The molecule has 3 heteroatoms. The predicted molar refractivity (Wildman–Crippen MR) is 129 cm³/mol. The van der Waals surface area contributed by atoms with Gasteiger partial charge in [-0.1, -0.05) is 38.0 Å². The average molecular weight is 441 g/mol. The molecule has 0 aromatic heterocycles. The third-order valence-corrected chi connectivity index (χ3v) is 11.7. The molecule has 3 nitrogen and oxygen atoms in total. The normalized spacial score (nSPS) is 54.0. The van der Waals surface area contributed by atoms with E-state index in [-0.39, 0.29) is 11.7 Å². The van der Waals surface area contributed by atoms with E-state index in [9.17, 15) is 5.11 Å². The van der Waals surface area contributed by atoms with E-state index in [1.807, 2.05) is 0 Å². The largest absolute Gasteiger partial charge is 0.393 e. The van der Waals surface area contributed by atoms with Crippen LogP contribution in [0.3, 0.4) is 0 Å². The molecule has 2 saturated heterocycles. The van der Waals surface area contributed by atoms with Crippen LogP contribution in [-0.2, 0) is 4.74 Å². The van der Waals surface area contributed by atoms with E-state index in [1.54, 1.807) is 16.7 Å². The lowest BCUT2D eigenvalue weighted by atomic mass is 9.56. The number of aliphatic hydroxyl groups excluding tert-OH is 1. The van der Waals surface area contributed by atoms with Crippen molar-refractivity contribution in [2.75, 3.05) is 20.6 Å². The van der Waals surface area contributed by atoms with E-state index >= 15 is 0 Å². The zero-order valence-electron chi connectivity index (χ0n) is 21.4. The van der Waals surface area contributed by atoms with Gasteiger partial charge in [0.25, 0.3) is 0 Å². The molecule has 4 aliphatic carbocycles. The lowest BCUT2D eigenvalue weighted by Gasteiger charge is -2.49. The van der Waals surface area contributed by atoms with Gasteiger partial charge in [0.15, 0.2) is 0 Å². The highest BCUT2D eigenvalue weighted by atomic mass is 16.5. The Bertz CT molecular complexity index is 872. The second kappa shape index (κ2) is 6.95. The van der Waals surface area contributed by atoms with Gasteiger partial charge in [-0.25, -0.2) is 0 Å². The Hall–Kier alpha value is -0.640. The van der Waals surface area contributed by atoms with Crippen LogP contribution in [0, 0.1) is 35.0 Å². The number of piperidine rings is 1. The predicted octanol–water partition coefficient (Wildman–Crippen LogP) is 5.49. The number of fused-ring (bicyclic) bond motifs is 6. The number of likely N-dealkylation sites (tertiary alicyclic amines) is 1. The molecule has 6 rings (SSSR count). The summed E-state index contributed by atoms with van der Waals surface area (Å²) in [4.78, 5) is 0. The van der Waals surface area contributed by atoms with Gasteiger partial charge in [0.05, 0.1) is 32.3 Å². The number of ether oxygens (including phenoxy) is 1. The molecule has 0 bridgehead atoms. The first-order chi connectivity index (χ1) is 15.1. The number of nitrogens with zero attached hydrogens (tertiary/aromatic N) is 1. The lowest BCUT2D eigenvalue weighted by molar-refractivity contribution is -0.927. The molecule has 10 atom stereocenters. The van der Waals surface area contributed by atoms with E-state index < -0.39 is 0 Å². The van der Waals surface area contributed by atoms with Gasteiger partial charge >= 0.3 is 0 Å². The van der Waals surface area contributed by atoms with E-state index in [1.165, 1.54) is 45.1 Å². The molecule has 0 aromatic rings. The van der Waals surface area contributed by atoms with Crippen LogP contribution in [0.15, 0.2) is 22.8 Å². The molecule has 178 valence electrons. The maximum absolute atomic E-state index is 10.3. The quantitative estimate of drug-likeness (QED) is 0.399. The van der Waals surface area contributed by atoms with Crippen molar-refractivity contribution in [2.45, 2.75) is 103 Å². The van der Waals surface area contributed by atoms with Crippen molar-refractivity contribution in [1.29, 1.82) is 0 Å². The third kappa shape index (κ3) is 2.77. The molecule has 4 fully saturated rings. The van der Waals surface area contributed by atoms with Crippen LogP contribution in [0.25, 0.3) is 0 Å². The van der Waals surface area contributed by atoms with Crippen molar-refractivity contribution in [3.63, 3.8) is 0 Å². The number of hydrogen-bond donors (Lipinski definition) is 1. The molecule has 0 unspecified atom stereocenters. The van der Waals surface area contributed by atoms with Crippen molar-refractivity contribution >= 4 is 0 Å². The lowest BCUT2D eigenvalue weighted by Crippen LogP contribution is -2.61. The summed E-state index contributed by atoms with van der Waals surface area (Å²) in [6, 6.07) is 0.632. The van der Waals surface area contributed by atoms with Gasteiger partial charge < -0.3 is 14.3 Å². The smallest absolute Gasteiger partial charge is 0.121 e. The molecule has 2 aliphatic heterocycles. The van der Waals surface area contributed by atoms with Crippen molar-refractivity contribution in [3.8, 4) is 0 Å². The minimum atomic E-state index is -0.112. The van der Waals surface area contributed by atoms with Gasteiger partial charge in [0.2, 0.25) is 0 Å². The van der Waals surface area contributed by atoms with Gasteiger partial charge in [-0.15, -0.1) is 0 Å². The number of quaternary nitrogens is 1. The zero-order chi connectivity index (χ0) is 22.6. The summed E-state index contributed by atoms with van der Waals surface area (Å²) in [6.07, 6.45) is 12.2. The molecule has 1 spiro atoms. The number of hydrogen-bond acceptors (Lipinski definition) is 2. The van der Waals surface area contributed by atoms with Gasteiger partial charge in [-0.3, -0.25) is 0 Å². The second-order valence-corrected chi connectivity index (χ2v) is 13.7. The molecule has 32 heavy (non-hydrogen) atoms. The summed E-state index contributed by atoms with van der Waals surface area (Å²) in [5.41, 5.74) is 5.29. The number of likely N-dealkylation sites (N-methyl/N-ethyl adjacent to an activating group) is 1. The maximum Gasteiger partial charge on any atom is 0.121 e. The highest BCUT2D eigenvalue weighted by Gasteiger charge is 2.64. The molecule has 0 amide bonds. The summed E-state index contributed by atoms with van der Waals surface area (Å²) in [5, 5.41) is 10.3. The van der Waals surface area contributed by atoms with Crippen molar-refractivity contribution in [1.82, 2.24) is 0 Å². The van der Waals surface area contributed by atoms with Gasteiger partial charge in [-0.2, -0.15) is 0 Å². The standard InChI is InChI=1S/C29H46NO2/c1-17-13-26-27(30(5,6)16-17)19(3)29(32-26)12-10-22-23-8-7-20-14-21(31)9-11-28(20,4)25(23)15-24(22)18(29)2/h7,17,19,21-23,25-27,31H,8-16H2,1-6H3/q+1/t17-,19+,21-,22-,23-,25-,26+,27-,28-,29-/m0/s1. The highest BCUT2D eigenvalue weighted by molar-refractivity contribution is 5.38. The maximum atomic E-state index is 10.3. The molecular formula is C29H46NO2+. The van der Waals surface area contributed by atoms with E-state index in [2.05, 4.69) is 47.9 Å². The van der Waals surface area contributed by atoms with E-state index in [4.69, 9.17) is 4.74 Å². The fourth-order valence-electron chi connectivity index (χ4n) is 10.4. The number of aliphatic hydroxyl groups is 1. The fraction of sp³-hybridized carbons (Fsp3) is 0.862. The Balaban J connectivity index is 1.35. The third-order valence-electron chi connectivity index (χ3n) is 11.7. The van der Waals surface area contributed by atoms with Gasteiger partial charge in [0, 0.05) is 11.8 Å². The molecule has 0 aromatic carbocycles. The Labute approximate surface area is 195 Å².